The van der Waals surface area contributed by atoms with E-state index < -0.39 is 23.6 Å². The van der Waals surface area contributed by atoms with Crippen molar-refractivity contribution in [1.29, 1.82) is 0 Å². The Morgan fingerprint density at radius 3 is 2.20 bits per heavy atom. The molecule has 0 aliphatic rings. The third-order valence-electron chi connectivity index (χ3n) is 4.20. The Balaban J connectivity index is 1.97. The van der Waals surface area contributed by atoms with Gasteiger partial charge in [-0.1, -0.05) is 41.4 Å². The number of aromatic carboxylic acids is 1. The Bertz CT molecular complexity index is 1150. The van der Waals surface area contributed by atoms with Crippen molar-refractivity contribution in [2.24, 2.45) is 0 Å². The Morgan fingerprint density at radius 1 is 0.867 bits per heavy atom. The Hall–Kier alpha value is -3.03. The highest BCUT2D eigenvalue weighted by atomic mass is 35.5. The molecule has 0 heterocycles. The minimum atomic E-state index is -4.53. The maximum absolute atomic E-state index is 13.0. The van der Waals surface area contributed by atoms with E-state index in [1.807, 2.05) is 0 Å². The molecule has 0 bridgehead atoms. The van der Waals surface area contributed by atoms with Gasteiger partial charge in [-0.3, -0.25) is 4.79 Å². The summed E-state index contributed by atoms with van der Waals surface area (Å²) in [7, 11) is 0. The van der Waals surface area contributed by atoms with Gasteiger partial charge in [0.2, 0.25) is 0 Å². The molecular formula is C21H12Cl2F3NO3. The summed E-state index contributed by atoms with van der Waals surface area (Å²) < 4.78 is 38.9. The molecule has 3 aromatic rings. The van der Waals surface area contributed by atoms with Crippen molar-refractivity contribution in [2.75, 3.05) is 5.32 Å². The maximum Gasteiger partial charge on any atom is 0.416 e. The van der Waals surface area contributed by atoms with E-state index >= 15 is 0 Å². The van der Waals surface area contributed by atoms with Gasteiger partial charge in [0.25, 0.3) is 5.91 Å². The summed E-state index contributed by atoms with van der Waals surface area (Å²) in [5, 5.41) is 12.4. The number of rotatable bonds is 4. The smallest absolute Gasteiger partial charge is 0.416 e. The summed E-state index contributed by atoms with van der Waals surface area (Å²) in [6.45, 7) is 0. The normalized spacial score (nSPS) is 11.2. The summed E-state index contributed by atoms with van der Waals surface area (Å²) in [6.07, 6.45) is -4.53. The van der Waals surface area contributed by atoms with Gasteiger partial charge in [-0.25, -0.2) is 4.79 Å². The summed E-state index contributed by atoms with van der Waals surface area (Å²) >= 11 is 11.8. The van der Waals surface area contributed by atoms with Crippen LogP contribution in [0.15, 0.2) is 60.7 Å². The molecule has 1 amide bonds. The van der Waals surface area contributed by atoms with Crippen LogP contribution in [0.25, 0.3) is 11.1 Å². The molecule has 2 N–H and O–H groups in total. The van der Waals surface area contributed by atoms with Gasteiger partial charge in [-0.05, 0) is 53.6 Å². The van der Waals surface area contributed by atoms with Gasteiger partial charge in [-0.15, -0.1) is 0 Å². The minimum absolute atomic E-state index is 0.0331. The number of carbonyl (C=O) groups excluding carboxylic acids is 1. The van der Waals surface area contributed by atoms with Gasteiger partial charge >= 0.3 is 12.1 Å². The summed E-state index contributed by atoms with van der Waals surface area (Å²) in [5.74, 6) is -2.02. The first-order chi connectivity index (χ1) is 14.1. The van der Waals surface area contributed by atoms with Gasteiger partial charge in [0.05, 0.1) is 27.4 Å². The highest BCUT2D eigenvalue weighted by Gasteiger charge is 2.30. The second-order valence-electron chi connectivity index (χ2n) is 6.22. The quantitative estimate of drug-likeness (QED) is 0.465. The van der Waals surface area contributed by atoms with Crippen molar-refractivity contribution in [2.45, 2.75) is 6.18 Å². The molecule has 0 aliphatic carbocycles. The van der Waals surface area contributed by atoms with Crippen LogP contribution in [0.5, 0.6) is 0 Å². The van der Waals surface area contributed by atoms with Gasteiger partial charge < -0.3 is 10.4 Å². The number of hydrogen-bond acceptors (Lipinski definition) is 2. The third-order valence-corrected chi connectivity index (χ3v) is 4.74. The minimum Gasteiger partial charge on any atom is -0.478 e. The highest BCUT2D eigenvalue weighted by molar-refractivity contribution is 6.37. The zero-order valence-corrected chi connectivity index (χ0v) is 16.4. The Kier molecular flexibility index (Phi) is 6.05. The summed E-state index contributed by atoms with van der Waals surface area (Å²) in [4.78, 5) is 24.2. The fraction of sp³-hybridized carbons (Fsp3) is 0.0476. The predicted octanol–water partition coefficient (Wildman–Crippen LogP) is 6.63. The SMILES string of the molecule is O=C(Nc1ccc(-c2cccc(C(F)(F)F)c2)cc1C(=O)O)c1ccc(Cl)cc1Cl. The number of carboxylic acid groups (broad SMARTS) is 1. The molecule has 0 aromatic heterocycles. The molecule has 0 radical (unpaired) electrons. The molecule has 154 valence electrons. The van der Waals surface area contributed by atoms with Gasteiger partial charge in [0, 0.05) is 5.02 Å². The number of nitrogens with one attached hydrogen (secondary N) is 1. The van der Waals surface area contributed by atoms with E-state index in [0.29, 0.717) is 5.02 Å². The number of amides is 1. The molecule has 3 aromatic carbocycles. The van der Waals surface area contributed by atoms with E-state index in [4.69, 9.17) is 23.2 Å². The zero-order chi connectivity index (χ0) is 22.1. The number of anilines is 1. The molecule has 3 rings (SSSR count). The molecule has 0 aliphatic heterocycles. The molecule has 0 spiro atoms. The lowest BCUT2D eigenvalue weighted by Gasteiger charge is -2.13. The average molecular weight is 454 g/mol. The molecule has 0 fully saturated rings. The second-order valence-corrected chi connectivity index (χ2v) is 7.07. The highest BCUT2D eigenvalue weighted by Crippen LogP contribution is 2.33. The second kappa shape index (κ2) is 8.38. The van der Waals surface area contributed by atoms with Crippen molar-refractivity contribution >= 4 is 40.8 Å². The number of hydrogen-bond donors (Lipinski definition) is 2. The number of carboxylic acids is 1. The molecule has 0 saturated heterocycles. The molecule has 0 unspecified atom stereocenters. The standard InChI is InChI=1S/C21H12Cl2F3NO3/c22-14-5-6-15(17(23)10-14)19(28)27-18-7-4-12(9-16(18)20(29)30)11-2-1-3-13(8-11)21(24,25)26/h1-10H,(H,27,28)(H,29,30). The lowest BCUT2D eigenvalue weighted by atomic mass is 9.99. The van der Waals surface area contributed by atoms with Crippen LogP contribution in [0.2, 0.25) is 10.0 Å². The van der Waals surface area contributed by atoms with Crippen LogP contribution in [0.1, 0.15) is 26.3 Å². The predicted molar refractivity (Wildman–Crippen MR) is 108 cm³/mol. The van der Waals surface area contributed by atoms with Crippen LogP contribution in [-0.4, -0.2) is 17.0 Å². The first-order valence-corrected chi connectivity index (χ1v) is 9.13. The van der Waals surface area contributed by atoms with Crippen molar-refractivity contribution in [3.05, 3.63) is 87.4 Å². The summed E-state index contributed by atoms with van der Waals surface area (Å²) in [6, 6.07) is 12.6. The van der Waals surface area contributed by atoms with Crippen molar-refractivity contribution in [3.63, 3.8) is 0 Å². The van der Waals surface area contributed by atoms with E-state index in [0.717, 1.165) is 12.1 Å². The van der Waals surface area contributed by atoms with Crippen molar-refractivity contribution in [3.8, 4) is 11.1 Å². The zero-order valence-electron chi connectivity index (χ0n) is 14.9. The molecular weight excluding hydrogens is 442 g/mol. The first kappa shape index (κ1) is 21.7. The van der Waals surface area contributed by atoms with Gasteiger partial charge in [0.15, 0.2) is 0 Å². The van der Waals surface area contributed by atoms with E-state index in [9.17, 15) is 27.9 Å². The average Bonchev–Trinajstić information content (AvgIpc) is 2.67. The van der Waals surface area contributed by atoms with Crippen LogP contribution in [-0.2, 0) is 6.18 Å². The van der Waals surface area contributed by atoms with Crippen LogP contribution in [0, 0.1) is 0 Å². The van der Waals surface area contributed by atoms with E-state index in [2.05, 4.69) is 5.32 Å². The monoisotopic (exact) mass is 453 g/mol. The fourth-order valence-corrected chi connectivity index (χ4v) is 3.24. The first-order valence-electron chi connectivity index (χ1n) is 8.37. The van der Waals surface area contributed by atoms with Crippen molar-refractivity contribution in [1.82, 2.24) is 0 Å². The molecule has 4 nitrogen and oxygen atoms in total. The van der Waals surface area contributed by atoms with Gasteiger partial charge in [0.1, 0.15) is 0 Å². The van der Waals surface area contributed by atoms with E-state index in [1.54, 1.807) is 0 Å². The number of benzene rings is 3. The number of halogens is 5. The van der Waals surface area contributed by atoms with Crippen LogP contribution >= 0.6 is 23.2 Å². The Labute approximate surface area is 178 Å². The van der Waals surface area contributed by atoms with E-state index in [1.165, 1.54) is 48.5 Å². The number of alkyl halides is 3. The van der Waals surface area contributed by atoms with Crippen LogP contribution < -0.4 is 5.32 Å². The lowest BCUT2D eigenvalue weighted by molar-refractivity contribution is -0.137. The molecule has 9 heteroatoms. The number of carbonyl (C=O) groups is 2. The van der Waals surface area contributed by atoms with Crippen LogP contribution in [0.3, 0.4) is 0 Å². The third kappa shape index (κ3) is 4.75. The van der Waals surface area contributed by atoms with Crippen molar-refractivity contribution < 1.29 is 27.9 Å². The van der Waals surface area contributed by atoms with Crippen LogP contribution in [0.4, 0.5) is 18.9 Å². The lowest BCUT2D eigenvalue weighted by Crippen LogP contribution is -2.15. The molecule has 0 atom stereocenters. The van der Waals surface area contributed by atoms with Gasteiger partial charge in [-0.2, -0.15) is 13.2 Å². The Morgan fingerprint density at radius 2 is 1.57 bits per heavy atom. The molecule has 0 saturated carbocycles. The largest absolute Gasteiger partial charge is 0.478 e. The fourth-order valence-electron chi connectivity index (χ4n) is 2.75. The molecule has 30 heavy (non-hydrogen) atoms. The summed E-state index contributed by atoms with van der Waals surface area (Å²) in [5.41, 5.74) is -0.657. The topological polar surface area (TPSA) is 66.4 Å². The maximum atomic E-state index is 13.0. The van der Waals surface area contributed by atoms with E-state index in [-0.39, 0.29) is 33.0 Å².